The first kappa shape index (κ1) is 9.44. The second-order valence-electron chi connectivity index (χ2n) is 4.52. The van der Waals surface area contributed by atoms with E-state index in [1.54, 1.807) is 0 Å². The van der Waals surface area contributed by atoms with Gasteiger partial charge < -0.3 is 5.73 Å². The summed E-state index contributed by atoms with van der Waals surface area (Å²) >= 11 is 6.41. The Hall–Kier alpha value is -0.790. The highest BCUT2D eigenvalue weighted by molar-refractivity contribution is 6.50. The summed E-state index contributed by atoms with van der Waals surface area (Å²) in [6.45, 7) is 0. The average Bonchev–Trinajstić information content (AvgIpc) is 2.50. The molecule has 1 fully saturated rings. The number of benzene rings is 1. The zero-order valence-corrected chi connectivity index (χ0v) is 9.35. The van der Waals surface area contributed by atoms with Crippen molar-refractivity contribution in [3.05, 3.63) is 41.0 Å². The first-order chi connectivity index (χ1) is 7.23. The highest BCUT2D eigenvalue weighted by Gasteiger charge is 2.42. The van der Waals surface area contributed by atoms with E-state index in [-0.39, 0.29) is 5.54 Å². The standard InChI is InChI=1S/C13H14ClN/c14-12-9-5-1-2-6-10(9)13(15)8-4-3-7-11(12)13/h1-2,5-6H,3-4,7-8,15H2. The Morgan fingerprint density at radius 1 is 1.20 bits per heavy atom. The van der Waals surface area contributed by atoms with Crippen molar-refractivity contribution in [3.63, 3.8) is 0 Å². The van der Waals surface area contributed by atoms with Crippen LogP contribution in [0.15, 0.2) is 29.8 Å². The predicted octanol–water partition coefficient (Wildman–Crippen LogP) is 3.38. The minimum Gasteiger partial charge on any atom is -0.318 e. The van der Waals surface area contributed by atoms with Gasteiger partial charge in [0.1, 0.15) is 0 Å². The molecular weight excluding hydrogens is 206 g/mol. The molecule has 0 bridgehead atoms. The van der Waals surface area contributed by atoms with E-state index in [0.29, 0.717) is 0 Å². The maximum absolute atomic E-state index is 6.52. The van der Waals surface area contributed by atoms with E-state index in [0.717, 1.165) is 23.4 Å². The molecule has 0 amide bonds. The van der Waals surface area contributed by atoms with Gasteiger partial charge in [-0.15, -0.1) is 0 Å². The monoisotopic (exact) mass is 219 g/mol. The number of nitrogens with two attached hydrogens (primary N) is 1. The van der Waals surface area contributed by atoms with Crippen LogP contribution in [-0.2, 0) is 5.54 Å². The Kier molecular flexibility index (Phi) is 1.95. The number of rotatable bonds is 0. The highest BCUT2D eigenvalue weighted by Crippen LogP contribution is 2.51. The van der Waals surface area contributed by atoms with Gasteiger partial charge in [-0.2, -0.15) is 0 Å². The molecule has 0 aromatic heterocycles. The van der Waals surface area contributed by atoms with Gasteiger partial charge in [-0.05, 0) is 36.0 Å². The number of fused-ring (bicyclic) bond motifs is 3. The summed E-state index contributed by atoms with van der Waals surface area (Å²) in [5.74, 6) is 0. The topological polar surface area (TPSA) is 26.0 Å². The molecule has 2 aliphatic carbocycles. The lowest BCUT2D eigenvalue weighted by molar-refractivity contribution is 0.404. The molecule has 2 N–H and O–H groups in total. The van der Waals surface area contributed by atoms with Crippen molar-refractivity contribution < 1.29 is 0 Å². The maximum atomic E-state index is 6.52. The van der Waals surface area contributed by atoms with Gasteiger partial charge >= 0.3 is 0 Å². The molecule has 1 nitrogen and oxygen atoms in total. The van der Waals surface area contributed by atoms with Gasteiger partial charge in [0.15, 0.2) is 0 Å². The first-order valence-corrected chi connectivity index (χ1v) is 5.89. The second kappa shape index (κ2) is 3.10. The lowest BCUT2D eigenvalue weighted by Gasteiger charge is -2.33. The Morgan fingerprint density at radius 2 is 2.00 bits per heavy atom. The van der Waals surface area contributed by atoms with Crippen LogP contribution in [-0.4, -0.2) is 0 Å². The minimum atomic E-state index is -0.258. The van der Waals surface area contributed by atoms with Crippen molar-refractivity contribution in [1.29, 1.82) is 0 Å². The van der Waals surface area contributed by atoms with Gasteiger partial charge in [0.05, 0.1) is 5.54 Å². The van der Waals surface area contributed by atoms with Crippen LogP contribution in [0.3, 0.4) is 0 Å². The summed E-state index contributed by atoms with van der Waals surface area (Å²) in [6, 6.07) is 8.28. The van der Waals surface area contributed by atoms with Crippen molar-refractivity contribution >= 4 is 16.6 Å². The van der Waals surface area contributed by atoms with Crippen LogP contribution in [0.4, 0.5) is 0 Å². The first-order valence-electron chi connectivity index (χ1n) is 5.51. The van der Waals surface area contributed by atoms with Crippen molar-refractivity contribution in [2.75, 3.05) is 0 Å². The third kappa shape index (κ3) is 1.14. The fraction of sp³-hybridized carbons (Fsp3) is 0.385. The molecule has 3 rings (SSSR count). The summed E-state index contributed by atoms with van der Waals surface area (Å²) in [7, 11) is 0. The van der Waals surface area contributed by atoms with Crippen molar-refractivity contribution in [2.45, 2.75) is 31.2 Å². The van der Waals surface area contributed by atoms with E-state index in [4.69, 9.17) is 17.3 Å². The highest BCUT2D eigenvalue weighted by atomic mass is 35.5. The molecule has 1 saturated carbocycles. The van der Waals surface area contributed by atoms with Gasteiger partial charge in [-0.1, -0.05) is 42.3 Å². The molecule has 1 aromatic carbocycles. The second-order valence-corrected chi connectivity index (χ2v) is 4.89. The van der Waals surface area contributed by atoms with E-state index in [9.17, 15) is 0 Å². The zero-order valence-electron chi connectivity index (χ0n) is 8.59. The van der Waals surface area contributed by atoms with Crippen molar-refractivity contribution in [2.24, 2.45) is 5.73 Å². The molecular formula is C13H14ClN. The molecule has 1 aromatic rings. The van der Waals surface area contributed by atoms with Gasteiger partial charge in [0, 0.05) is 5.03 Å². The quantitative estimate of drug-likeness (QED) is 0.711. The van der Waals surface area contributed by atoms with Crippen LogP contribution in [0.25, 0.3) is 5.03 Å². The predicted molar refractivity (Wildman–Crippen MR) is 63.5 cm³/mol. The van der Waals surface area contributed by atoms with Crippen LogP contribution in [0.1, 0.15) is 36.8 Å². The molecule has 0 saturated heterocycles. The van der Waals surface area contributed by atoms with Gasteiger partial charge in [0.2, 0.25) is 0 Å². The van der Waals surface area contributed by atoms with E-state index < -0.39 is 0 Å². The Morgan fingerprint density at radius 3 is 2.87 bits per heavy atom. The zero-order chi connectivity index (χ0) is 10.5. The SMILES string of the molecule is NC12CCCCC1=C(Cl)c1ccccc12. The van der Waals surface area contributed by atoms with E-state index in [1.165, 1.54) is 24.0 Å². The van der Waals surface area contributed by atoms with Crippen LogP contribution >= 0.6 is 11.6 Å². The van der Waals surface area contributed by atoms with Crippen LogP contribution in [0, 0.1) is 0 Å². The fourth-order valence-electron chi connectivity index (χ4n) is 2.91. The summed E-state index contributed by atoms with van der Waals surface area (Å²) in [5, 5.41) is 0.910. The van der Waals surface area contributed by atoms with E-state index >= 15 is 0 Å². The lowest BCUT2D eigenvalue weighted by Crippen LogP contribution is -2.39. The molecule has 1 atom stereocenters. The molecule has 0 aliphatic heterocycles. The number of halogens is 1. The van der Waals surface area contributed by atoms with Crippen LogP contribution < -0.4 is 5.73 Å². The molecule has 2 heteroatoms. The Bertz CT molecular complexity index is 450. The van der Waals surface area contributed by atoms with Gasteiger partial charge in [0.25, 0.3) is 0 Å². The molecule has 0 heterocycles. The van der Waals surface area contributed by atoms with Crippen LogP contribution in [0.5, 0.6) is 0 Å². The summed E-state index contributed by atoms with van der Waals surface area (Å²) in [6.07, 6.45) is 4.52. The third-order valence-corrected chi connectivity index (χ3v) is 4.13. The van der Waals surface area contributed by atoms with Gasteiger partial charge in [-0.3, -0.25) is 0 Å². The summed E-state index contributed by atoms with van der Waals surface area (Å²) < 4.78 is 0. The third-order valence-electron chi connectivity index (χ3n) is 3.70. The normalized spacial score (nSPS) is 28.9. The summed E-state index contributed by atoms with van der Waals surface area (Å²) in [5.41, 5.74) is 9.90. The molecule has 0 spiro atoms. The Labute approximate surface area is 94.9 Å². The molecule has 0 radical (unpaired) electrons. The molecule has 2 aliphatic rings. The van der Waals surface area contributed by atoms with E-state index in [1.807, 2.05) is 6.07 Å². The van der Waals surface area contributed by atoms with Crippen LogP contribution in [0.2, 0.25) is 0 Å². The molecule has 15 heavy (non-hydrogen) atoms. The Balaban J connectivity index is 2.25. The summed E-state index contributed by atoms with van der Waals surface area (Å²) in [4.78, 5) is 0. The number of hydrogen-bond donors (Lipinski definition) is 1. The fourth-order valence-corrected chi connectivity index (χ4v) is 3.34. The number of hydrogen-bond acceptors (Lipinski definition) is 1. The lowest BCUT2D eigenvalue weighted by atomic mass is 9.77. The minimum absolute atomic E-state index is 0.258. The maximum Gasteiger partial charge on any atom is 0.0649 e. The smallest absolute Gasteiger partial charge is 0.0649 e. The average molecular weight is 220 g/mol. The largest absolute Gasteiger partial charge is 0.318 e. The van der Waals surface area contributed by atoms with E-state index in [2.05, 4.69) is 18.2 Å². The van der Waals surface area contributed by atoms with Crippen molar-refractivity contribution in [1.82, 2.24) is 0 Å². The van der Waals surface area contributed by atoms with Crippen molar-refractivity contribution in [3.8, 4) is 0 Å². The van der Waals surface area contributed by atoms with Gasteiger partial charge in [-0.25, -0.2) is 0 Å². The molecule has 1 unspecified atom stereocenters. The molecule has 78 valence electrons.